The molecule has 0 saturated carbocycles. The van der Waals surface area contributed by atoms with Gasteiger partial charge in [0.1, 0.15) is 5.52 Å². The van der Waals surface area contributed by atoms with Gasteiger partial charge in [-0.1, -0.05) is 28.1 Å². The lowest BCUT2D eigenvalue weighted by Gasteiger charge is -2.32. The van der Waals surface area contributed by atoms with E-state index in [9.17, 15) is 4.79 Å². The largest absolute Gasteiger partial charge is 0.370 e. The van der Waals surface area contributed by atoms with Crippen molar-refractivity contribution in [1.29, 1.82) is 0 Å². The van der Waals surface area contributed by atoms with Gasteiger partial charge >= 0.3 is 0 Å². The van der Waals surface area contributed by atoms with Crippen molar-refractivity contribution in [2.24, 2.45) is 5.92 Å². The molecule has 1 aliphatic rings. The molecule has 0 spiro atoms. The number of carbonyl (C=O) groups excluding carboxylic acids is 1. The second-order valence-electron chi connectivity index (χ2n) is 6.70. The highest BCUT2D eigenvalue weighted by Crippen LogP contribution is 2.24. The van der Waals surface area contributed by atoms with Crippen LogP contribution in [-0.4, -0.2) is 33.9 Å². The summed E-state index contributed by atoms with van der Waals surface area (Å²) in [7, 11) is 0. The molecule has 0 atom stereocenters. The molecule has 1 saturated heterocycles. The molecule has 138 valence electrons. The predicted octanol–water partition coefficient (Wildman–Crippen LogP) is 3.32. The number of hydrogen-bond donors (Lipinski definition) is 1. The van der Waals surface area contributed by atoms with Gasteiger partial charge in [-0.25, -0.2) is 9.97 Å². The lowest BCUT2D eigenvalue weighted by molar-refractivity contribution is -0.125. The van der Waals surface area contributed by atoms with E-state index in [2.05, 4.69) is 41.1 Å². The average Bonchev–Trinajstić information content (AvgIpc) is 2.72. The Balaban J connectivity index is 1.33. The van der Waals surface area contributed by atoms with Crippen LogP contribution in [0.5, 0.6) is 0 Å². The third-order valence-corrected chi connectivity index (χ3v) is 5.39. The summed E-state index contributed by atoms with van der Waals surface area (Å²) >= 11 is 3.46. The lowest BCUT2D eigenvalue weighted by atomic mass is 9.95. The molecule has 27 heavy (non-hydrogen) atoms. The van der Waals surface area contributed by atoms with Crippen LogP contribution in [0.25, 0.3) is 11.2 Å². The summed E-state index contributed by atoms with van der Waals surface area (Å²) in [5, 5.41) is 3.07. The molecule has 3 aromatic rings. The number of rotatable bonds is 4. The van der Waals surface area contributed by atoms with Crippen LogP contribution in [0, 0.1) is 5.92 Å². The van der Waals surface area contributed by atoms with Crippen LogP contribution >= 0.6 is 15.9 Å². The van der Waals surface area contributed by atoms with Gasteiger partial charge in [0, 0.05) is 42.4 Å². The van der Waals surface area contributed by atoms with Gasteiger partial charge in [-0.15, -0.1) is 0 Å². The number of pyridine rings is 1. The third-order valence-electron chi connectivity index (χ3n) is 4.90. The zero-order valence-corrected chi connectivity index (χ0v) is 16.4. The first-order valence-corrected chi connectivity index (χ1v) is 9.82. The van der Waals surface area contributed by atoms with Gasteiger partial charge in [-0.05, 0) is 36.6 Å². The summed E-state index contributed by atoms with van der Waals surface area (Å²) in [6, 6.07) is 10.0. The number of amides is 1. The Morgan fingerprint density at radius 3 is 2.78 bits per heavy atom. The highest BCUT2D eigenvalue weighted by atomic mass is 79.9. The summed E-state index contributed by atoms with van der Waals surface area (Å²) in [6.07, 6.45) is 6.83. The lowest BCUT2D eigenvalue weighted by Crippen LogP contribution is -2.40. The van der Waals surface area contributed by atoms with E-state index in [0.29, 0.717) is 12.2 Å². The van der Waals surface area contributed by atoms with Gasteiger partial charge in [0.05, 0.1) is 11.9 Å². The van der Waals surface area contributed by atoms with Gasteiger partial charge in [0.2, 0.25) is 5.91 Å². The molecule has 1 amide bonds. The standard InChI is InChI=1S/C20H20BrN5O/c21-16-3-1-2-14(10-16)12-25-20(27)15-4-8-26(9-5-15)17-11-18-19(24-13-17)23-7-6-22-18/h1-3,6-7,10-11,13,15H,4-5,8-9,12H2,(H,25,27). The molecule has 7 heteroatoms. The van der Waals surface area contributed by atoms with E-state index in [0.717, 1.165) is 47.2 Å². The smallest absolute Gasteiger partial charge is 0.223 e. The third kappa shape index (κ3) is 4.24. The Morgan fingerprint density at radius 1 is 1.15 bits per heavy atom. The summed E-state index contributed by atoms with van der Waals surface area (Å²) in [6.45, 7) is 2.23. The second kappa shape index (κ2) is 8.00. The molecule has 6 nitrogen and oxygen atoms in total. The van der Waals surface area contributed by atoms with E-state index in [1.807, 2.05) is 36.5 Å². The van der Waals surface area contributed by atoms with Crippen LogP contribution in [0.15, 0.2) is 53.4 Å². The minimum absolute atomic E-state index is 0.0570. The van der Waals surface area contributed by atoms with E-state index in [1.165, 1.54) is 0 Å². The van der Waals surface area contributed by atoms with E-state index < -0.39 is 0 Å². The topological polar surface area (TPSA) is 71.0 Å². The minimum Gasteiger partial charge on any atom is -0.370 e. The molecule has 0 aliphatic carbocycles. The van der Waals surface area contributed by atoms with Crippen molar-refractivity contribution in [2.75, 3.05) is 18.0 Å². The molecule has 2 aromatic heterocycles. The molecule has 0 radical (unpaired) electrons. The maximum absolute atomic E-state index is 12.5. The van der Waals surface area contributed by atoms with Crippen molar-refractivity contribution < 1.29 is 4.79 Å². The number of halogens is 1. The molecule has 3 heterocycles. The van der Waals surface area contributed by atoms with Crippen LogP contribution in [0.1, 0.15) is 18.4 Å². The van der Waals surface area contributed by atoms with Gasteiger partial charge in [-0.3, -0.25) is 9.78 Å². The summed E-state index contributed by atoms with van der Waals surface area (Å²) in [5.41, 5.74) is 3.58. The number of carbonyl (C=O) groups is 1. The Hall–Kier alpha value is -2.54. The zero-order valence-electron chi connectivity index (χ0n) is 14.8. The molecular formula is C20H20BrN5O. The van der Waals surface area contributed by atoms with Crippen LogP contribution in [0.4, 0.5) is 5.69 Å². The number of nitrogens with one attached hydrogen (secondary N) is 1. The fourth-order valence-electron chi connectivity index (χ4n) is 3.40. The normalized spacial score (nSPS) is 15.1. The Bertz CT molecular complexity index is 956. The van der Waals surface area contributed by atoms with E-state index >= 15 is 0 Å². The highest BCUT2D eigenvalue weighted by Gasteiger charge is 2.25. The fraction of sp³-hybridized carbons (Fsp3) is 0.300. The monoisotopic (exact) mass is 425 g/mol. The molecule has 1 aliphatic heterocycles. The number of piperidine rings is 1. The Kier molecular flexibility index (Phi) is 5.29. The van der Waals surface area contributed by atoms with Gasteiger partial charge in [-0.2, -0.15) is 0 Å². The van der Waals surface area contributed by atoms with Crippen molar-refractivity contribution in [3.05, 3.63) is 59.0 Å². The maximum Gasteiger partial charge on any atom is 0.223 e. The van der Waals surface area contributed by atoms with Crippen molar-refractivity contribution >= 4 is 38.7 Å². The predicted molar refractivity (Wildman–Crippen MR) is 108 cm³/mol. The fourth-order valence-corrected chi connectivity index (χ4v) is 3.85. The van der Waals surface area contributed by atoms with Crippen molar-refractivity contribution in [2.45, 2.75) is 19.4 Å². The molecule has 4 rings (SSSR count). The number of hydrogen-bond acceptors (Lipinski definition) is 5. The van der Waals surface area contributed by atoms with Crippen LogP contribution < -0.4 is 10.2 Å². The van der Waals surface area contributed by atoms with Gasteiger partial charge in [0.15, 0.2) is 5.65 Å². The molecule has 1 N–H and O–H groups in total. The number of anilines is 1. The number of fused-ring (bicyclic) bond motifs is 1. The minimum atomic E-state index is 0.0570. The van der Waals surface area contributed by atoms with Gasteiger partial charge in [0.25, 0.3) is 0 Å². The number of benzene rings is 1. The Morgan fingerprint density at radius 2 is 1.96 bits per heavy atom. The average molecular weight is 426 g/mol. The molecule has 1 aromatic carbocycles. The highest BCUT2D eigenvalue weighted by molar-refractivity contribution is 9.10. The molecule has 1 fully saturated rings. The first kappa shape index (κ1) is 17.9. The van der Waals surface area contributed by atoms with Crippen LogP contribution in [-0.2, 0) is 11.3 Å². The molecular weight excluding hydrogens is 406 g/mol. The quantitative estimate of drug-likeness (QED) is 0.693. The summed E-state index contributed by atoms with van der Waals surface area (Å²) in [4.78, 5) is 27.7. The molecule has 0 unspecified atom stereocenters. The number of nitrogens with zero attached hydrogens (tertiary/aromatic N) is 4. The van der Waals surface area contributed by atoms with Crippen LogP contribution in [0.2, 0.25) is 0 Å². The van der Waals surface area contributed by atoms with Crippen molar-refractivity contribution in [1.82, 2.24) is 20.3 Å². The van der Waals surface area contributed by atoms with E-state index in [1.54, 1.807) is 12.4 Å². The Labute approximate surface area is 166 Å². The SMILES string of the molecule is O=C(NCc1cccc(Br)c1)C1CCN(c2cnc3nccnc3c2)CC1. The second-order valence-corrected chi connectivity index (χ2v) is 7.62. The zero-order chi connectivity index (χ0) is 18.6. The first-order valence-electron chi connectivity index (χ1n) is 9.03. The summed E-state index contributed by atoms with van der Waals surface area (Å²) in [5.74, 6) is 0.193. The van der Waals surface area contributed by atoms with Crippen molar-refractivity contribution in [3.63, 3.8) is 0 Å². The van der Waals surface area contributed by atoms with Gasteiger partial charge < -0.3 is 10.2 Å². The number of aromatic nitrogens is 3. The van der Waals surface area contributed by atoms with Crippen molar-refractivity contribution in [3.8, 4) is 0 Å². The van der Waals surface area contributed by atoms with Crippen LogP contribution in [0.3, 0.4) is 0 Å². The van der Waals surface area contributed by atoms with E-state index in [4.69, 9.17) is 0 Å². The van der Waals surface area contributed by atoms with E-state index in [-0.39, 0.29) is 11.8 Å². The first-order chi connectivity index (χ1) is 13.2. The summed E-state index contributed by atoms with van der Waals surface area (Å²) < 4.78 is 1.02. The molecule has 0 bridgehead atoms. The maximum atomic E-state index is 12.5.